The zero-order valence-electron chi connectivity index (χ0n) is 13.6. The van der Waals surface area contributed by atoms with Gasteiger partial charge in [-0.05, 0) is 37.1 Å². The fourth-order valence-corrected chi connectivity index (χ4v) is 2.76. The Hall–Kier alpha value is -1.76. The van der Waals surface area contributed by atoms with Crippen LogP contribution in [-0.2, 0) is 11.3 Å². The molecular formula is C17H23F3N2O2. The minimum Gasteiger partial charge on any atom is -0.406 e. The van der Waals surface area contributed by atoms with Gasteiger partial charge in [0.05, 0.1) is 0 Å². The maximum absolute atomic E-state index is 12.3. The van der Waals surface area contributed by atoms with Crippen molar-refractivity contribution in [2.45, 2.75) is 45.0 Å². The molecule has 0 spiro atoms. The number of nitrogens with one attached hydrogen (secondary N) is 1. The summed E-state index contributed by atoms with van der Waals surface area (Å²) in [6, 6.07) is 6.01. The molecule has 0 aliphatic carbocycles. The van der Waals surface area contributed by atoms with Crippen LogP contribution in [0.3, 0.4) is 0 Å². The van der Waals surface area contributed by atoms with Crippen molar-refractivity contribution in [1.82, 2.24) is 10.2 Å². The Balaban J connectivity index is 1.98. The highest BCUT2D eigenvalue weighted by atomic mass is 19.4. The molecule has 1 amide bonds. The lowest BCUT2D eigenvalue weighted by molar-refractivity contribution is -0.274. The first kappa shape index (κ1) is 18.6. The lowest BCUT2D eigenvalue weighted by Crippen LogP contribution is -2.31. The van der Waals surface area contributed by atoms with Crippen molar-refractivity contribution >= 4 is 5.91 Å². The predicted molar refractivity (Wildman–Crippen MR) is 84.5 cm³/mol. The van der Waals surface area contributed by atoms with E-state index in [1.54, 1.807) is 12.1 Å². The second kappa shape index (κ2) is 8.92. The van der Waals surface area contributed by atoms with E-state index >= 15 is 0 Å². The standard InChI is InChI=1S/C17H23F3N2O2/c18-17(19,20)24-15-7-5-6-14(12-15)13-22-10-4-2-1-3-9-21-16(23)8-11-22/h5-7,12H,1-4,8-11,13H2,(H,21,23). The molecule has 7 heteroatoms. The molecule has 1 aromatic rings. The summed E-state index contributed by atoms with van der Waals surface area (Å²) in [6.07, 6.45) is -0.119. The third-order valence-electron chi connectivity index (χ3n) is 3.92. The third kappa shape index (κ3) is 7.21. The number of carbonyl (C=O) groups is 1. The molecule has 0 unspecified atom stereocenters. The van der Waals surface area contributed by atoms with E-state index in [0.29, 0.717) is 19.5 Å². The molecule has 1 aliphatic rings. The van der Waals surface area contributed by atoms with Crippen molar-refractivity contribution < 1.29 is 22.7 Å². The second-order valence-corrected chi connectivity index (χ2v) is 5.99. The van der Waals surface area contributed by atoms with E-state index in [-0.39, 0.29) is 11.7 Å². The Bertz CT molecular complexity index is 535. The van der Waals surface area contributed by atoms with Crippen LogP contribution in [0, 0.1) is 0 Å². The van der Waals surface area contributed by atoms with Crippen LogP contribution in [0.2, 0.25) is 0 Å². The molecule has 4 nitrogen and oxygen atoms in total. The van der Waals surface area contributed by atoms with Gasteiger partial charge in [0.15, 0.2) is 0 Å². The average Bonchev–Trinajstić information content (AvgIpc) is 2.53. The zero-order chi connectivity index (χ0) is 17.4. The Morgan fingerprint density at radius 2 is 1.92 bits per heavy atom. The number of benzene rings is 1. The van der Waals surface area contributed by atoms with Crippen LogP contribution < -0.4 is 10.1 Å². The molecule has 1 heterocycles. The number of alkyl halides is 3. The predicted octanol–water partition coefficient (Wildman–Crippen LogP) is 3.47. The first-order valence-electron chi connectivity index (χ1n) is 8.26. The van der Waals surface area contributed by atoms with E-state index in [0.717, 1.165) is 44.3 Å². The molecule has 1 aromatic carbocycles. The van der Waals surface area contributed by atoms with Gasteiger partial charge in [-0.25, -0.2) is 0 Å². The van der Waals surface area contributed by atoms with Gasteiger partial charge in [-0.15, -0.1) is 13.2 Å². The second-order valence-electron chi connectivity index (χ2n) is 5.99. The van der Waals surface area contributed by atoms with Crippen LogP contribution in [0.4, 0.5) is 13.2 Å². The van der Waals surface area contributed by atoms with Gasteiger partial charge in [0.1, 0.15) is 5.75 Å². The summed E-state index contributed by atoms with van der Waals surface area (Å²) >= 11 is 0. The smallest absolute Gasteiger partial charge is 0.406 e. The maximum atomic E-state index is 12.3. The summed E-state index contributed by atoms with van der Waals surface area (Å²) in [4.78, 5) is 13.8. The van der Waals surface area contributed by atoms with E-state index in [9.17, 15) is 18.0 Å². The Morgan fingerprint density at radius 1 is 1.12 bits per heavy atom. The highest BCUT2D eigenvalue weighted by Crippen LogP contribution is 2.24. The fraction of sp³-hybridized carbons (Fsp3) is 0.588. The molecule has 0 aromatic heterocycles. The summed E-state index contributed by atoms with van der Waals surface area (Å²) < 4.78 is 40.9. The molecule has 0 radical (unpaired) electrons. The molecule has 1 aliphatic heterocycles. The number of nitrogens with zero attached hydrogens (tertiary/aromatic N) is 1. The summed E-state index contributed by atoms with van der Waals surface area (Å²) in [5.74, 6) is -0.188. The topological polar surface area (TPSA) is 41.6 Å². The van der Waals surface area contributed by atoms with Gasteiger partial charge < -0.3 is 10.1 Å². The van der Waals surface area contributed by atoms with Gasteiger partial charge in [-0.2, -0.15) is 0 Å². The fourth-order valence-electron chi connectivity index (χ4n) is 2.76. The van der Waals surface area contributed by atoms with E-state index < -0.39 is 6.36 Å². The molecule has 134 valence electrons. The van der Waals surface area contributed by atoms with Crippen LogP contribution in [0.15, 0.2) is 24.3 Å². The molecule has 24 heavy (non-hydrogen) atoms. The number of rotatable bonds is 3. The Kier molecular flexibility index (Phi) is 6.90. The van der Waals surface area contributed by atoms with E-state index in [2.05, 4.69) is 15.0 Å². The van der Waals surface area contributed by atoms with Gasteiger partial charge >= 0.3 is 6.36 Å². The molecule has 2 rings (SSSR count). The molecule has 0 atom stereocenters. The maximum Gasteiger partial charge on any atom is 0.573 e. The lowest BCUT2D eigenvalue weighted by atomic mass is 10.1. The third-order valence-corrected chi connectivity index (χ3v) is 3.92. The number of hydrogen-bond acceptors (Lipinski definition) is 3. The van der Waals surface area contributed by atoms with Gasteiger partial charge in [0.25, 0.3) is 0 Å². The van der Waals surface area contributed by atoms with E-state index in [1.807, 2.05) is 0 Å². The minimum atomic E-state index is -4.69. The van der Waals surface area contributed by atoms with Crippen molar-refractivity contribution in [3.8, 4) is 5.75 Å². The molecule has 1 saturated heterocycles. The van der Waals surface area contributed by atoms with Gasteiger partial charge in [0, 0.05) is 26.1 Å². The number of ether oxygens (including phenoxy) is 1. The average molecular weight is 344 g/mol. The number of amides is 1. The normalized spacial score (nSPS) is 18.5. The van der Waals surface area contributed by atoms with Crippen molar-refractivity contribution in [3.05, 3.63) is 29.8 Å². The number of halogens is 3. The summed E-state index contributed by atoms with van der Waals surface area (Å²) in [7, 11) is 0. The first-order chi connectivity index (χ1) is 11.4. The monoisotopic (exact) mass is 344 g/mol. The molecule has 1 fully saturated rings. The molecular weight excluding hydrogens is 321 g/mol. The van der Waals surface area contributed by atoms with E-state index in [4.69, 9.17) is 0 Å². The quantitative estimate of drug-likeness (QED) is 0.913. The largest absolute Gasteiger partial charge is 0.573 e. The van der Waals surface area contributed by atoms with Crippen molar-refractivity contribution in [1.29, 1.82) is 0 Å². The highest BCUT2D eigenvalue weighted by Gasteiger charge is 2.31. The Morgan fingerprint density at radius 3 is 2.71 bits per heavy atom. The van der Waals surface area contributed by atoms with Crippen LogP contribution in [-0.4, -0.2) is 36.8 Å². The van der Waals surface area contributed by atoms with Gasteiger partial charge in [0.2, 0.25) is 5.91 Å². The lowest BCUT2D eigenvalue weighted by Gasteiger charge is -2.22. The number of carbonyl (C=O) groups excluding carboxylic acids is 1. The van der Waals surface area contributed by atoms with Crippen LogP contribution in [0.1, 0.15) is 37.7 Å². The molecule has 1 N–H and O–H groups in total. The first-order valence-corrected chi connectivity index (χ1v) is 8.26. The zero-order valence-corrected chi connectivity index (χ0v) is 13.6. The van der Waals surface area contributed by atoms with Crippen LogP contribution in [0.5, 0.6) is 5.75 Å². The SMILES string of the molecule is O=C1CCN(Cc2cccc(OC(F)(F)F)c2)CCCCCCN1. The Labute approximate surface area is 140 Å². The van der Waals surface area contributed by atoms with Crippen LogP contribution >= 0.6 is 0 Å². The van der Waals surface area contributed by atoms with Crippen molar-refractivity contribution in [3.63, 3.8) is 0 Å². The van der Waals surface area contributed by atoms with Crippen LogP contribution in [0.25, 0.3) is 0 Å². The van der Waals surface area contributed by atoms with Crippen molar-refractivity contribution in [2.24, 2.45) is 0 Å². The number of hydrogen-bond donors (Lipinski definition) is 1. The molecule has 0 bridgehead atoms. The van der Waals surface area contributed by atoms with E-state index in [1.165, 1.54) is 12.1 Å². The molecule has 0 saturated carbocycles. The summed E-state index contributed by atoms with van der Waals surface area (Å²) in [5.41, 5.74) is 0.743. The van der Waals surface area contributed by atoms with Gasteiger partial charge in [-0.1, -0.05) is 25.0 Å². The minimum absolute atomic E-state index is 0.0241. The summed E-state index contributed by atoms with van der Waals surface area (Å²) in [5, 5.41) is 2.89. The summed E-state index contributed by atoms with van der Waals surface area (Å²) in [6.45, 7) is 2.64. The highest BCUT2D eigenvalue weighted by molar-refractivity contribution is 5.76. The van der Waals surface area contributed by atoms with Crippen molar-refractivity contribution in [2.75, 3.05) is 19.6 Å². The van der Waals surface area contributed by atoms with Gasteiger partial charge in [-0.3, -0.25) is 9.69 Å².